The minimum Gasteiger partial charge on any atom is -0.481 e. The summed E-state index contributed by atoms with van der Waals surface area (Å²) in [5.74, 6) is -18.7. The van der Waals surface area contributed by atoms with E-state index >= 15 is 67.1 Å². The van der Waals surface area contributed by atoms with E-state index in [1.165, 1.54) is 51.1 Å². The van der Waals surface area contributed by atoms with Crippen molar-refractivity contribution >= 4 is 150 Å². The van der Waals surface area contributed by atoms with Gasteiger partial charge in [-0.15, -0.1) is 0 Å². The van der Waals surface area contributed by atoms with Crippen molar-refractivity contribution < 1.29 is 77.0 Å². The molecule has 3 aliphatic heterocycles. The van der Waals surface area contributed by atoms with Crippen LogP contribution < -0.4 is 86.3 Å². The van der Waals surface area contributed by atoms with Crippen LogP contribution >= 0.6 is 21.6 Å². The van der Waals surface area contributed by atoms with E-state index in [1.54, 1.807) is 123 Å². The van der Waals surface area contributed by atoms with E-state index < -0.39 is 228 Å². The monoisotopic (exact) mass is 1980 g/mol. The molecule has 2 bridgehead atoms. The molecule has 27 N–H and O–H groups in total. The topological polar surface area (TPSA) is 684 Å². The first-order chi connectivity index (χ1) is 67.6. The molecule has 3 fully saturated rings. The maximum absolute atomic E-state index is 16.1. The number of nitrogens with two attached hydrogens (primary N) is 3. The lowest BCUT2D eigenvalue weighted by atomic mass is 9.97. The van der Waals surface area contributed by atoms with E-state index in [2.05, 4.69) is 99.0 Å². The van der Waals surface area contributed by atoms with Crippen molar-refractivity contribution in [3.63, 3.8) is 0 Å². The van der Waals surface area contributed by atoms with Gasteiger partial charge in [-0.05, 0) is 91.7 Å². The molecule has 0 aliphatic carbocycles. The number of rotatable bonds is 28. The summed E-state index contributed by atoms with van der Waals surface area (Å²) in [7, 11) is 5.54. The number of nitrogens with one attached hydrogen (secondary N) is 20. The van der Waals surface area contributed by atoms with E-state index in [0.29, 0.717) is 44.1 Å². The zero-order chi connectivity index (χ0) is 102. The van der Waals surface area contributed by atoms with Crippen LogP contribution in [0.15, 0.2) is 147 Å². The molecule has 0 unspecified atom stereocenters. The van der Waals surface area contributed by atoms with Gasteiger partial charge in [-0.1, -0.05) is 139 Å². The molecule has 4 aromatic heterocycles. The molecule has 3 saturated heterocycles. The molecule has 7 heterocycles. The van der Waals surface area contributed by atoms with Crippen LogP contribution in [-0.2, 0) is 110 Å². The molecule has 47 heteroatoms. The first kappa shape index (κ1) is 106. The van der Waals surface area contributed by atoms with Gasteiger partial charge in [-0.3, -0.25) is 88.1 Å². The van der Waals surface area contributed by atoms with Gasteiger partial charge in [-0.25, -0.2) is 9.97 Å². The number of hydrogen-bond donors (Lipinski definition) is 24. The fourth-order valence-corrected chi connectivity index (χ4v) is 19.6. The largest absolute Gasteiger partial charge is 0.481 e. The van der Waals surface area contributed by atoms with Crippen LogP contribution in [-0.4, -0.2) is 305 Å². The lowest BCUT2D eigenvalue weighted by Gasteiger charge is -2.36. The zero-order valence-electron chi connectivity index (χ0n) is 78.9. The Morgan fingerprint density at radius 2 is 0.851 bits per heavy atom. The second-order valence-corrected chi connectivity index (χ2v) is 37.7. The number of hydrogen-bond acceptors (Lipinski definition) is 22. The maximum atomic E-state index is 16.1. The predicted octanol–water partition coefficient (Wildman–Crippen LogP) is -1.11. The first-order valence-electron chi connectivity index (χ1n) is 46.6. The molecule has 11 rings (SSSR count). The Morgan fingerprint density at radius 1 is 0.440 bits per heavy atom. The van der Waals surface area contributed by atoms with Crippen LogP contribution in [0, 0.1) is 22.1 Å². The third kappa shape index (κ3) is 30.0. The summed E-state index contributed by atoms with van der Waals surface area (Å²) in [6.07, 6.45) is 5.44. The molecule has 45 nitrogen and oxygen atoms in total. The Hall–Kier alpha value is -15.1. The average Bonchev–Trinajstić information content (AvgIpc) is 1.70. The number of carboxylic acid groups (broad SMARTS) is 1. The predicted molar refractivity (Wildman–Crippen MR) is 527 cm³/mol. The molecular weight excluding hydrogens is 1860 g/mol. The molecule has 3 aliphatic rings. The molecule has 141 heavy (non-hydrogen) atoms. The zero-order valence-corrected chi connectivity index (χ0v) is 80.5. The fourth-order valence-electron chi connectivity index (χ4n) is 17.3. The van der Waals surface area contributed by atoms with Gasteiger partial charge in [0.25, 0.3) is 0 Å². The van der Waals surface area contributed by atoms with Crippen molar-refractivity contribution in [3.8, 4) is 0 Å². The summed E-state index contributed by atoms with van der Waals surface area (Å²) >= 11 is 0. The number of guanidine groups is 3. The number of carboxylic acids is 1. The summed E-state index contributed by atoms with van der Waals surface area (Å²) in [6, 6.07) is 7.86. The van der Waals surface area contributed by atoms with Crippen LogP contribution in [0.3, 0.4) is 0 Å². The molecule has 0 radical (unpaired) electrons. The van der Waals surface area contributed by atoms with Crippen LogP contribution in [0.25, 0.3) is 21.8 Å². The summed E-state index contributed by atoms with van der Waals surface area (Å²) in [6.45, 7) is 3.24. The van der Waals surface area contributed by atoms with Crippen molar-refractivity contribution in [2.75, 3.05) is 58.8 Å². The molecule has 14 amide bonds. The van der Waals surface area contributed by atoms with Crippen molar-refractivity contribution in [2.24, 2.45) is 23.1 Å². The number of benzene rings is 4. The highest BCUT2D eigenvalue weighted by atomic mass is 33.1. The van der Waals surface area contributed by atoms with E-state index in [0.717, 1.165) is 36.3 Å². The van der Waals surface area contributed by atoms with Crippen LogP contribution in [0.1, 0.15) is 112 Å². The number of aromatic nitrogens is 6. The second kappa shape index (κ2) is 51.6. The number of imidazole rings is 2. The number of aliphatic carboxylic acids is 1. The Bertz CT molecular complexity index is 5730. The summed E-state index contributed by atoms with van der Waals surface area (Å²) in [4.78, 5) is 260. The molecule has 4 aromatic carbocycles. The average molecular weight is 1980 g/mol. The first-order valence-corrected chi connectivity index (χ1v) is 49.1. The Kier molecular flexibility index (Phi) is 38.9. The number of amides is 14. The highest BCUT2D eigenvalue weighted by Crippen LogP contribution is 2.29. The number of carbonyl (C=O) groups is 15. The summed E-state index contributed by atoms with van der Waals surface area (Å²) in [5, 5.41) is 71.7. The molecule has 15 atom stereocenters. The van der Waals surface area contributed by atoms with Gasteiger partial charge in [0.1, 0.15) is 84.6 Å². The van der Waals surface area contributed by atoms with Gasteiger partial charge in [-0.2, -0.15) is 0 Å². The quantitative estimate of drug-likeness (QED) is 0.0120. The van der Waals surface area contributed by atoms with E-state index in [9.17, 15) is 9.90 Å². The number of carbonyl (C=O) groups excluding carboxylic acids is 14. The number of H-pyrrole nitrogens is 4. The molecule has 8 aromatic rings. The Balaban J connectivity index is 1.07. The van der Waals surface area contributed by atoms with Gasteiger partial charge in [0.15, 0.2) is 17.9 Å². The van der Waals surface area contributed by atoms with Crippen LogP contribution in [0.5, 0.6) is 0 Å². The standard InChI is InChI=1S/C94H125N29O16S2/c1-6-52(2)77-87(135)118-71-49-141-140-48-70(117-78(126)63(29-17-33-103-92(95)96)110-86(134)75(40-56-45-107-62-28-16-14-26-60(56)62)122(5)91(139)74(31-19-35-105-94(99)100)121(4)89(137)68(38-54-23-11-8-12-24-54)115-80(128)65(112-83(71)131)42-58-47-102-51-109-58)82(130)113-66(43-76(124)125)81(129)111-64(41-57-46-101-50-108-57)79(127)114-67(37-53-21-9-7-10-22-53)88(136)120(3)72(30-18-34-104-93(97)98)84(132)116-69(39-55-44-106-61-27-15-13-25-59(55)61)90(138)123-36-20-32-73(123)85(133)119-77/h7-16,21-28,44-47,50-52,63-75,77,106-107H,6,17-20,29-43,48-49H2,1-5H3,(H,101,108)(H,102,109)(H,110,134)(H,111,129)(H,112,131)(H,113,130)(H,114,127)(H,115,128)(H,116,132)(H,117,126)(H,118,135)(H,119,133)(H,124,125)(H4,95,96,103)(H4,97,98,104)(H4,99,100,105)/t52-,63-,64-,65-,66-,67+,68+,69-,70-,71-,72-,73-,74-,75-,77-/m0/s1. The van der Waals surface area contributed by atoms with Gasteiger partial charge in [0.2, 0.25) is 82.7 Å². The molecular formula is C94H125N29O16S2. The van der Waals surface area contributed by atoms with Crippen LogP contribution in [0.4, 0.5) is 0 Å². The van der Waals surface area contributed by atoms with E-state index in [4.69, 9.17) is 33.4 Å². The minimum absolute atomic E-state index is 0.00104. The smallest absolute Gasteiger partial charge is 0.305 e. The van der Waals surface area contributed by atoms with Gasteiger partial charge in [0.05, 0.1) is 30.5 Å². The van der Waals surface area contributed by atoms with Crippen molar-refractivity contribution in [1.82, 2.24) is 119 Å². The lowest BCUT2D eigenvalue weighted by Crippen LogP contribution is -2.62. The van der Waals surface area contributed by atoms with Gasteiger partial charge >= 0.3 is 5.97 Å². The van der Waals surface area contributed by atoms with Crippen LogP contribution in [0.2, 0.25) is 0 Å². The van der Waals surface area contributed by atoms with Crippen molar-refractivity contribution in [3.05, 3.63) is 180 Å². The maximum Gasteiger partial charge on any atom is 0.305 e. The van der Waals surface area contributed by atoms with Crippen molar-refractivity contribution in [2.45, 2.75) is 201 Å². The number of para-hydroxylation sites is 2. The third-order valence-electron chi connectivity index (χ3n) is 25.2. The van der Waals surface area contributed by atoms with E-state index in [-0.39, 0.29) is 121 Å². The fraction of sp³-hybridized carbons (Fsp3) is 0.447. The Labute approximate surface area is 820 Å². The number of fused-ring (bicyclic) bond motifs is 8. The van der Waals surface area contributed by atoms with Gasteiger partial charge in [0, 0.05) is 144 Å². The minimum atomic E-state index is -2.17. The molecule has 754 valence electrons. The van der Waals surface area contributed by atoms with E-state index in [1.807, 2.05) is 12.1 Å². The normalized spacial score (nSPS) is 23.6. The summed E-state index contributed by atoms with van der Waals surface area (Å²) in [5.41, 5.74) is 20.9. The molecule has 0 spiro atoms. The third-order valence-corrected chi connectivity index (χ3v) is 27.6. The number of aromatic amines is 4. The second-order valence-electron chi connectivity index (χ2n) is 35.2. The lowest BCUT2D eigenvalue weighted by molar-refractivity contribution is -0.149. The number of nitrogens with zero attached hydrogens (tertiary/aromatic N) is 6. The SMILES string of the molecule is CC[C@H](C)[C@@H]1NC(=O)[C@@H]2CCCN2C(=O)[C@H](Cc2c[nH]c3ccccc23)NC(=O)[C@H](CCCNC(=N)N)N(C)C(=O)[C@@H](Cc2ccccc2)NC(=O)[C@H](Cc2c[nH]cn2)NC(=O)[C@H](CC(=O)O)NC(=O)[C@@H]2CSSC[C@H](NC1=O)C(=O)N[C@@H](Cc1c[nH]cn1)C(=O)N[C@H](Cc1ccccc1)C(=O)N(C)[C@@H](CCCNC(=N)N)C(=O)N(C)[C@@H](Cc1c[nH]c3ccccc13)C(=O)N[C@@H](CCCNC(=N)N)C(=O)N2. The highest BCUT2D eigenvalue weighted by Gasteiger charge is 2.46. The molecule has 0 saturated carbocycles. The van der Waals surface area contributed by atoms with Gasteiger partial charge < -0.3 is 131 Å². The highest BCUT2D eigenvalue weighted by molar-refractivity contribution is 8.76. The summed E-state index contributed by atoms with van der Waals surface area (Å²) < 4.78 is 0. The number of likely N-dealkylation sites (N-methyl/N-ethyl adjacent to an activating group) is 3. The Morgan fingerprint density at radius 3 is 1.35 bits per heavy atom. The van der Waals surface area contributed by atoms with Crippen molar-refractivity contribution in [1.29, 1.82) is 16.2 Å².